The van der Waals surface area contributed by atoms with Gasteiger partial charge in [0.1, 0.15) is 0 Å². The average molecular weight is 282 g/mol. The maximum absolute atomic E-state index is 4.78. The van der Waals surface area contributed by atoms with Crippen molar-refractivity contribution in [1.29, 1.82) is 0 Å². The fourth-order valence-electron chi connectivity index (χ4n) is 2.27. The first-order valence-corrected chi connectivity index (χ1v) is 7.78. The van der Waals surface area contributed by atoms with Crippen molar-refractivity contribution < 1.29 is 0 Å². The summed E-state index contributed by atoms with van der Waals surface area (Å²) in [5.74, 6) is 0. The summed E-state index contributed by atoms with van der Waals surface area (Å²) in [7, 11) is 0. The van der Waals surface area contributed by atoms with Crippen LogP contribution >= 0.6 is 0 Å². The van der Waals surface area contributed by atoms with Crippen molar-refractivity contribution in [3.63, 3.8) is 0 Å². The second-order valence-electron chi connectivity index (χ2n) is 5.93. The van der Waals surface area contributed by atoms with Crippen LogP contribution < -0.4 is 5.32 Å². The molecule has 1 N–H and O–H groups in total. The molecule has 2 heteroatoms. The first-order chi connectivity index (χ1) is 10.0. The number of aryl methyl sites for hydroxylation is 3. The summed E-state index contributed by atoms with van der Waals surface area (Å²) < 4.78 is 0. The molecule has 112 valence electrons. The van der Waals surface area contributed by atoms with Crippen LogP contribution in [0.5, 0.6) is 0 Å². The fraction of sp³-hybridized carbons (Fsp3) is 0.421. The van der Waals surface area contributed by atoms with Gasteiger partial charge in [-0.3, -0.25) is 4.98 Å². The maximum atomic E-state index is 4.78. The smallest absolute Gasteiger partial charge is 0.0705 e. The Morgan fingerprint density at radius 3 is 2.43 bits per heavy atom. The SMILES string of the molecule is CCC(C)NCc1ccc(-c2ccc(C)c(C)c2)nc1C. The summed E-state index contributed by atoms with van der Waals surface area (Å²) in [4.78, 5) is 4.78. The van der Waals surface area contributed by atoms with Gasteiger partial charge in [0.15, 0.2) is 0 Å². The van der Waals surface area contributed by atoms with Gasteiger partial charge in [-0.1, -0.05) is 25.1 Å². The van der Waals surface area contributed by atoms with Crippen molar-refractivity contribution in [2.75, 3.05) is 0 Å². The molecule has 1 heterocycles. The fourth-order valence-corrected chi connectivity index (χ4v) is 2.27. The zero-order valence-electron chi connectivity index (χ0n) is 13.8. The summed E-state index contributed by atoms with van der Waals surface area (Å²) in [5.41, 5.74) is 7.29. The topological polar surface area (TPSA) is 24.9 Å². The first kappa shape index (κ1) is 15.7. The number of nitrogens with zero attached hydrogens (tertiary/aromatic N) is 1. The van der Waals surface area contributed by atoms with Crippen LogP contribution in [0.25, 0.3) is 11.3 Å². The Balaban J connectivity index is 2.20. The van der Waals surface area contributed by atoms with Gasteiger partial charge in [0.2, 0.25) is 0 Å². The van der Waals surface area contributed by atoms with E-state index in [0.29, 0.717) is 6.04 Å². The number of benzene rings is 1. The summed E-state index contributed by atoms with van der Waals surface area (Å²) in [6, 6.07) is 11.4. The number of hydrogen-bond acceptors (Lipinski definition) is 2. The van der Waals surface area contributed by atoms with Gasteiger partial charge in [0.05, 0.1) is 5.69 Å². The molecule has 21 heavy (non-hydrogen) atoms. The molecule has 1 aromatic carbocycles. The number of aromatic nitrogens is 1. The third kappa shape index (κ3) is 3.92. The van der Waals surface area contributed by atoms with Crippen LogP contribution in [0.1, 0.15) is 42.7 Å². The monoisotopic (exact) mass is 282 g/mol. The van der Waals surface area contributed by atoms with Crippen LogP contribution in [-0.4, -0.2) is 11.0 Å². The lowest BCUT2D eigenvalue weighted by molar-refractivity contribution is 0.532. The normalized spacial score (nSPS) is 12.4. The molecule has 0 spiro atoms. The van der Waals surface area contributed by atoms with Gasteiger partial charge < -0.3 is 5.32 Å². The number of nitrogens with one attached hydrogen (secondary N) is 1. The van der Waals surface area contributed by atoms with E-state index in [9.17, 15) is 0 Å². The van der Waals surface area contributed by atoms with E-state index in [0.717, 1.165) is 24.4 Å². The summed E-state index contributed by atoms with van der Waals surface area (Å²) in [6.07, 6.45) is 1.15. The molecular weight excluding hydrogens is 256 g/mol. The molecule has 1 unspecified atom stereocenters. The van der Waals surface area contributed by atoms with Crippen LogP contribution in [0.3, 0.4) is 0 Å². The Morgan fingerprint density at radius 2 is 1.81 bits per heavy atom. The van der Waals surface area contributed by atoms with Gasteiger partial charge >= 0.3 is 0 Å². The zero-order valence-corrected chi connectivity index (χ0v) is 13.8. The molecule has 2 aromatic rings. The molecule has 0 fully saturated rings. The number of rotatable bonds is 5. The van der Waals surface area contributed by atoms with E-state index in [1.54, 1.807) is 0 Å². The Labute approximate surface area is 128 Å². The van der Waals surface area contributed by atoms with Crippen molar-refractivity contribution in [1.82, 2.24) is 10.3 Å². The molecule has 0 bridgehead atoms. The van der Waals surface area contributed by atoms with Crippen LogP contribution in [0.15, 0.2) is 30.3 Å². The van der Waals surface area contributed by atoms with Gasteiger partial charge in [-0.2, -0.15) is 0 Å². The molecule has 1 aromatic heterocycles. The number of pyridine rings is 1. The van der Waals surface area contributed by atoms with E-state index >= 15 is 0 Å². The van der Waals surface area contributed by atoms with Crippen LogP contribution in [0, 0.1) is 20.8 Å². The molecule has 0 aliphatic carbocycles. The standard InChI is InChI=1S/C19H26N2/c1-6-15(4)20-12-18-9-10-19(21-16(18)5)17-8-7-13(2)14(3)11-17/h7-11,15,20H,6,12H2,1-5H3. The molecule has 2 nitrogen and oxygen atoms in total. The molecule has 0 saturated heterocycles. The minimum absolute atomic E-state index is 0.545. The molecule has 0 radical (unpaired) electrons. The van der Waals surface area contributed by atoms with Gasteiger partial charge in [-0.05, 0) is 62.9 Å². The minimum atomic E-state index is 0.545. The second kappa shape index (κ2) is 6.86. The highest BCUT2D eigenvalue weighted by Crippen LogP contribution is 2.21. The van der Waals surface area contributed by atoms with Gasteiger partial charge in [0.25, 0.3) is 0 Å². The molecule has 0 aliphatic rings. The predicted octanol–water partition coefficient (Wildman–Crippen LogP) is 4.56. The lowest BCUT2D eigenvalue weighted by Crippen LogP contribution is -2.24. The third-order valence-electron chi connectivity index (χ3n) is 4.25. The van der Waals surface area contributed by atoms with E-state index in [4.69, 9.17) is 4.98 Å². The molecule has 0 saturated carbocycles. The maximum Gasteiger partial charge on any atom is 0.0705 e. The van der Waals surface area contributed by atoms with Crippen molar-refractivity contribution in [3.05, 3.63) is 52.7 Å². The van der Waals surface area contributed by atoms with E-state index < -0.39 is 0 Å². The second-order valence-corrected chi connectivity index (χ2v) is 5.93. The van der Waals surface area contributed by atoms with E-state index in [1.807, 2.05) is 0 Å². The van der Waals surface area contributed by atoms with Crippen molar-refractivity contribution in [2.45, 2.75) is 53.6 Å². The van der Waals surface area contributed by atoms with Gasteiger partial charge in [-0.15, -0.1) is 0 Å². The Morgan fingerprint density at radius 1 is 1.05 bits per heavy atom. The van der Waals surface area contributed by atoms with Crippen molar-refractivity contribution in [2.24, 2.45) is 0 Å². The van der Waals surface area contributed by atoms with Crippen molar-refractivity contribution >= 4 is 0 Å². The highest BCUT2D eigenvalue weighted by Gasteiger charge is 2.06. The molecule has 0 amide bonds. The average Bonchev–Trinajstić information content (AvgIpc) is 2.48. The molecule has 1 atom stereocenters. The summed E-state index contributed by atoms with van der Waals surface area (Å²) in [5, 5.41) is 3.53. The van der Waals surface area contributed by atoms with Gasteiger partial charge in [-0.25, -0.2) is 0 Å². The largest absolute Gasteiger partial charge is 0.310 e. The Bertz CT molecular complexity index is 617. The summed E-state index contributed by atoms with van der Waals surface area (Å²) in [6.45, 7) is 11.7. The quantitative estimate of drug-likeness (QED) is 0.869. The highest BCUT2D eigenvalue weighted by atomic mass is 14.9. The molecule has 0 aliphatic heterocycles. The minimum Gasteiger partial charge on any atom is -0.310 e. The first-order valence-electron chi connectivity index (χ1n) is 7.78. The lowest BCUT2D eigenvalue weighted by Gasteiger charge is -2.13. The van der Waals surface area contributed by atoms with Crippen LogP contribution in [0.2, 0.25) is 0 Å². The molecular formula is C19H26N2. The predicted molar refractivity (Wildman–Crippen MR) is 90.5 cm³/mol. The van der Waals surface area contributed by atoms with Crippen LogP contribution in [-0.2, 0) is 6.54 Å². The van der Waals surface area contributed by atoms with E-state index in [1.165, 1.54) is 22.3 Å². The summed E-state index contributed by atoms with van der Waals surface area (Å²) >= 11 is 0. The van der Waals surface area contributed by atoms with Crippen LogP contribution in [0.4, 0.5) is 0 Å². The highest BCUT2D eigenvalue weighted by molar-refractivity contribution is 5.61. The Kier molecular flexibility index (Phi) is 5.13. The molecule has 2 rings (SSSR count). The van der Waals surface area contributed by atoms with E-state index in [2.05, 4.69) is 70.3 Å². The zero-order chi connectivity index (χ0) is 15.4. The Hall–Kier alpha value is -1.67. The van der Waals surface area contributed by atoms with Gasteiger partial charge in [0, 0.05) is 23.8 Å². The third-order valence-corrected chi connectivity index (χ3v) is 4.25. The number of hydrogen-bond donors (Lipinski definition) is 1. The van der Waals surface area contributed by atoms with E-state index in [-0.39, 0.29) is 0 Å². The van der Waals surface area contributed by atoms with Crippen molar-refractivity contribution in [3.8, 4) is 11.3 Å². The lowest BCUT2D eigenvalue weighted by atomic mass is 10.0.